The summed E-state index contributed by atoms with van der Waals surface area (Å²) in [4.78, 5) is 10.2. The first-order chi connectivity index (χ1) is 6.31. The van der Waals surface area contributed by atoms with E-state index in [0.29, 0.717) is 11.3 Å². The Hall–Kier alpha value is -1.89. The lowest BCUT2D eigenvalue weighted by atomic mass is 10.1. The van der Waals surface area contributed by atoms with E-state index < -0.39 is 6.04 Å². The van der Waals surface area contributed by atoms with Crippen molar-refractivity contribution >= 4 is 0 Å². The van der Waals surface area contributed by atoms with Crippen LogP contribution in [0.1, 0.15) is 11.6 Å². The maximum atomic E-state index is 10.2. The van der Waals surface area contributed by atoms with E-state index in [9.17, 15) is 4.91 Å². The van der Waals surface area contributed by atoms with Crippen LogP contribution in [0.5, 0.6) is 5.75 Å². The van der Waals surface area contributed by atoms with E-state index >= 15 is 0 Å². The average Bonchev–Trinajstić information content (AvgIpc) is 2.21. The fourth-order valence-corrected chi connectivity index (χ4v) is 0.945. The number of hydrogen-bond acceptors (Lipinski definition) is 4. The van der Waals surface area contributed by atoms with Gasteiger partial charge in [0.1, 0.15) is 5.75 Å². The smallest absolute Gasteiger partial charge is 0.203 e. The highest BCUT2D eigenvalue weighted by molar-refractivity contribution is 5.31. The molecule has 0 spiro atoms. The van der Waals surface area contributed by atoms with Crippen LogP contribution in [-0.2, 0) is 0 Å². The molecule has 0 aromatic heterocycles. The van der Waals surface area contributed by atoms with Gasteiger partial charge in [-0.15, -0.1) is 4.91 Å². The van der Waals surface area contributed by atoms with Gasteiger partial charge < -0.3 is 4.74 Å². The molecule has 1 rings (SSSR count). The molecule has 0 aliphatic carbocycles. The van der Waals surface area contributed by atoms with Gasteiger partial charge in [0.2, 0.25) is 6.04 Å². The normalized spacial score (nSPS) is 11.4. The lowest BCUT2D eigenvalue weighted by molar-refractivity contribution is 0.414. The van der Waals surface area contributed by atoms with Gasteiger partial charge in [0.25, 0.3) is 0 Å². The molecule has 0 N–H and O–H groups in total. The van der Waals surface area contributed by atoms with Crippen LogP contribution in [0.15, 0.2) is 29.4 Å². The van der Waals surface area contributed by atoms with Crippen LogP contribution >= 0.6 is 0 Å². The summed E-state index contributed by atoms with van der Waals surface area (Å²) in [5, 5.41) is 11.2. The molecule has 66 valence electrons. The molecule has 1 aromatic carbocycles. The van der Waals surface area contributed by atoms with E-state index in [2.05, 4.69) is 5.18 Å². The largest absolute Gasteiger partial charge is 0.497 e. The molecule has 0 aliphatic rings. The summed E-state index contributed by atoms with van der Waals surface area (Å²) in [5.74, 6) is 0.686. The molecule has 0 saturated heterocycles. The molecule has 13 heavy (non-hydrogen) atoms. The Morgan fingerprint density at radius 2 is 2.08 bits per heavy atom. The number of benzene rings is 1. The zero-order valence-corrected chi connectivity index (χ0v) is 7.10. The molecule has 0 bridgehead atoms. The molecule has 0 radical (unpaired) electrons. The Morgan fingerprint density at radius 3 is 2.46 bits per heavy atom. The van der Waals surface area contributed by atoms with Crippen molar-refractivity contribution in [3.05, 3.63) is 34.7 Å². The summed E-state index contributed by atoms with van der Waals surface area (Å²) in [6.07, 6.45) is 0. The fourth-order valence-electron chi connectivity index (χ4n) is 0.945. The van der Waals surface area contributed by atoms with Gasteiger partial charge in [-0.2, -0.15) is 5.26 Å². The Kier molecular flexibility index (Phi) is 2.98. The number of ether oxygens (including phenoxy) is 1. The molecular weight excluding hydrogens is 168 g/mol. The highest BCUT2D eigenvalue weighted by Crippen LogP contribution is 2.19. The SMILES string of the molecule is COc1ccc(C(C#N)N=O)cc1. The molecule has 1 aromatic rings. The fraction of sp³-hybridized carbons (Fsp3) is 0.222. The number of rotatable bonds is 3. The Labute approximate surface area is 75.7 Å². The first-order valence-electron chi connectivity index (χ1n) is 3.68. The van der Waals surface area contributed by atoms with Crippen LogP contribution in [0.2, 0.25) is 0 Å². The molecule has 0 amide bonds. The van der Waals surface area contributed by atoms with Gasteiger partial charge in [-0.25, -0.2) is 0 Å². The summed E-state index contributed by atoms with van der Waals surface area (Å²) in [7, 11) is 1.55. The van der Waals surface area contributed by atoms with Gasteiger partial charge in [-0.05, 0) is 22.9 Å². The Balaban J connectivity index is 2.92. The van der Waals surface area contributed by atoms with E-state index in [1.165, 1.54) is 0 Å². The summed E-state index contributed by atoms with van der Waals surface area (Å²) in [6.45, 7) is 0. The summed E-state index contributed by atoms with van der Waals surface area (Å²) in [5.41, 5.74) is 0.582. The minimum Gasteiger partial charge on any atom is -0.497 e. The second kappa shape index (κ2) is 4.21. The molecule has 0 saturated carbocycles. The number of nitriles is 1. The van der Waals surface area contributed by atoms with Crippen molar-refractivity contribution in [2.75, 3.05) is 7.11 Å². The van der Waals surface area contributed by atoms with Crippen LogP contribution < -0.4 is 4.74 Å². The maximum absolute atomic E-state index is 10.2. The zero-order valence-electron chi connectivity index (χ0n) is 7.10. The monoisotopic (exact) mass is 176 g/mol. The third-order valence-electron chi connectivity index (χ3n) is 1.66. The van der Waals surface area contributed by atoms with Crippen molar-refractivity contribution in [3.63, 3.8) is 0 Å². The minimum atomic E-state index is -0.925. The molecule has 1 unspecified atom stereocenters. The van der Waals surface area contributed by atoms with Crippen molar-refractivity contribution in [1.82, 2.24) is 0 Å². The highest BCUT2D eigenvalue weighted by Gasteiger charge is 2.09. The van der Waals surface area contributed by atoms with Crippen LogP contribution in [-0.4, -0.2) is 7.11 Å². The Bertz CT molecular complexity index is 326. The third kappa shape index (κ3) is 2.03. The topological polar surface area (TPSA) is 62.4 Å². The van der Waals surface area contributed by atoms with Gasteiger partial charge in [0.15, 0.2) is 0 Å². The molecule has 0 aliphatic heterocycles. The van der Waals surface area contributed by atoms with Crippen molar-refractivity contribution in [2.45, 2.75) is 6.04 Å². The molecule has 1 atom stereocenters. The van der Waals surface area contributed by atoms with Gasteiger partial charge >= 0.3 is 0 Å². The van der Waals surface area contributed by atoms with E-state index in [0.717, 1.165) is 0 Å². The van der Waals surface area contributed by atoms with Gasteiger partial charge in [-0.1, -0.05) is 12.1 Å². The van der Waals surface area contributed by atoms with Crippen molar-refractivity contribution in [1.29, 1.82) is 5.26 Å². The maximum Gasteiger partial charge on any atom is 0.203 e. The summed E-state index contributed by atoms with van der Waals surface area (Å²) >= 11 is 0. The number of hydrogen-bond donors (Lipinski definition) is 0. The number of nitrogens with zero attached hydrogens (tertiary/aromatic N) is 2. The predicted octanol–water partition coefficient (Wildman–Crippen LogP) is 2.03. The van der Waals surface area contributed by atoms with E-state index in [-0.39, 0.29) is 0 Å². The quantitative estimate of drug-likeness (QED) is 0.662. The van der Waals surface area contributed by atoms with Gasteiger partial charge in [-0.3, -0.25) is 0 Å². The first-order valence-corrected chi connectivity index (χ1v) is 3.68. The first kappa shape index (κ1) is 9.20. The summed E-state index contributed by atoms with van der Waals surface area (Å²) < 4.78 is 4.92. The lowest BCUT2D eigenvalue weighted by Gasteiger charge is -2.02. The van der Waals surface area contributed by atoms with E-state index in [4.69, 9.17) is 10.00 Å². The van der Waals surface area contributed by atoms with Crippen LogP contribution in [0, 0.1) is 16.2 Å². The lowest BCUT2D eigenvalue weighted by Crippen LogP contribution is -1.90. The second-order valence-corrected chi connectivity index (χ2v) is 2.41. The zero-order chi connectivity index (χ0) is 9.68. The van der Waals surface area contributed by atoms with E-state index in [1.807, 2.05) is 0 Å². The summed E-state index contributed by atoms with van der Waals surface area (Å²) in [6, 6.07) is 7.53. The third-order valence-corrected chi connectivity index (χ3v) is 1.66. The molecular formula is C9H8N2O2. The van der Waals surface area contributed by atoms with Crippen LogP contribution in [0.4, 0.5) is 0 Å². The number of nitroso groups, excluding NO2 is 1. The van der Waals surface area contributed by atoms with Crippen molar-refractivity contribution in [2.24, 2.45) is 5.18 Å². The van der Waals surface area contributed by atoms with Crippen LogP contribution in [0.25, 0.3) is 0 Å². The molecule has 0 heterocycles. The molecule has 4 heteroatoms. The number of methoxy groups -OCH3 is 1. The van der Waals surface area contributed by atoms with Crippen molar-refractivity contribution in [3.8, 4) is 11.8 Å². The van der Waals surface area contributed by atoms with Gasteiger partial charge in [0, 0.05) is 0 Å². The average molecular weight is 176 g/mol. The minimum absolute atomic E-state index is 0.582. The Morgan fingerprint density at radius 1 is 1.46 bits per heavy atom. The second-order valence-electron chi connectivity index (χ2n) is 2.41. The van der Waals surface area contributed by atoms with Crippen LogP contribution in [0.3, 0.4) is 0 Å². The van der Waals surface area contributed by atoms with E-state index in [1.54, 1.807) is 37.4 Å². The predicted molar refractivity (Wildman–Crippen MR) is 47.1 cm³/mol. The highest BCUT2D eigenvalue weighted by atomic mass is 16.5. The molecule has 0 fully saturated rings. The standard InChI is InChI=1S/C9H8N2O2/c1-13-8-4-2-7(3-5-8)9(6-10)11-12/h2-5,9H,1H3. The molecule has 4 nitrogen and oxygen atoms in total. The van der Waals surface area contributed by atoms with Crippen molar-refractivity contribution < 1.29 is 4.74 Å². The van der Waals surface area contributed by atoms with Gasteiger partial charge in [0.05, 0.1) is 13.2 Å².